The lowest BCUT2D eigenvalue weighted by Crippen LogP contribution is -2.47. The number of guanidine groups is 1. The van der Waals surface area contributed by atoms with Gasteiger partial charge in [0.15, 0.2) is 11.8 Å². The summed E-state index contributed by atoms with van der Waals surface area (Å²) in [4.78, 5) is 9.32. The summed E-state index contributed by atoms with van der Waals surface area (Å²) in [6, 6.07) is 7.99. The first-order chi connectivity index (χ1) is 13.6. The Balaban J connectivity index is 1.65. The molecule has 0 amide bonds. The summed E-state index contributed by atoms with van der Waals surface area (Å²) in [5.41, 5.74) is 1.02. The summed E-state index contributed by atoms with van der Waals surface area (Å²) in [7, 11) is 1.69. The van der Waals surface area contributed by atoms with Crippen LogP contribution in [0.2, 0.25) is 5.02 Å². The van der Waals surface area contributed by atoms with Gasteiger partial charge in [-0.2, -0.15) is 5.10 Å². The van der Waals surface area contributed by atoms with Gasteiger partial charge < -0.3 is 15.4 Å². The van der Waals surface area contributed by atoms with Gasteiger partial charge in [0.05, 0.1) is 13.1 Å². The minimum Gasteiger partial charge on any atom is -0.375 e. The number of fused-ring (bicyclic) bond motifs is 1. The van der Waals surface area contributed by atoms with Gasteiger partial charge in [-0.1, -0.05) is 30.7 Å². The molecule has 28 heavy (non-hydrogen) atoms. The third kappa shape index (κ3) is 5.23. The maximum absolute atomic E-state index is 6.11. The van der Waals surface area contributed by atoms with Crippen molar-refractivity contribution in [2.45, 2.75) is 51.8 Å². The SMILES string of the molecule is CCNC(=NCC(OC)c1cccc(Cl)c1)NC1CCc2nc(CC)nn2C1. The molecule has 7 nitrogen and oxygen atoms in total. The minimum absolute atomic E-state index is 0.144. The van der Waals surface area contributed by atoms with Crippen LogP contribution in [0.5, 0.6) is 0 Å². The molecule has 0 spiro atoms. The predicted molar refractivity (Wildman–Crippen MR) is 112 cm³/mol. The monoisotopic (exact) mass is 404 g/mol. The van der Waals surface area contributed by atoms with Crippen LogP contribution in [0.3, 0.4) is 0 Å². The van der Waals surface area contributed by atoms with Crippen LogP contribution >= 0.6 is 11.6 Å². The summed E-state index contributed by atoms with van der Waals surface area (Å²) in [6.45, 7) is 6.25. The van der Waals surface area contributed by atoms with Crippen LogP contribution in [0.4, 0.5) is 0 Å². The Morgan fingerprint density at radius 1 is 1.43 bits per heavy atom. The van der Waals surface area contributed by atoms with Gasteiger partial charge in [-0.3, -0.25) is 4.99 Å². The third-order valence-corrected chi connectivity index (χ3v) is 5.06. The molecule has 1 aliphatic rings. The average molecular weight is 405 g/mol. The van der Waals surface area contributed by atoms with Crippen LogP contribution in [0, 0.1) is 0 Å². The summed E-state index contributed by atoms with van der Waals surface area (Å²) in [5, 5.41) is 12.1. The fraction of sp³-hybridized carbons (Fsp3) is 0.550. The molecule has 2 aromatic rings. The van der Waals surface area contributed by atoms with Crippen LogP contribution in [0.15, 0.2) is 29.3 Å². The van der Waals surface area contributed by atoms with Crippen molar-refractivity contribution in [2.24, 2.45) is 4.99 Å². The first kappa shape index (κ1) is 20.6. The van der Waals surface area contributed by atoms with E-state index < -0.39 is 0 Å². The maximum Gasteiger partial charge on any atom is 0.191 e. The van der Waals surface area contributed by atoms with Crippen molar-refractivity contribution in [1.29, 1.82) is 0 Å². The number of hydrogen-bond acceptors (Lipinski definition) is 4. The zero-order chi connectivity index (χ0) is 19.9. The van der Waals surface area contributed by atoms with Crippen molar-refractivity contribution in [1.82, 2.24) is 25.4 Å². The van der Waals surface area contributed by atoms with Crippen molar-refractivity contribution in [3.63, 3.8) is 0 Å². The van der Waals surface area contributed by atoms with E-state index >= 15 is 0 Å². The van der Waals surface area contributed by atoms with E-state index in [1.807, 2.05) is 28.9 Å². The van der Waals surface area contributed by atoms with E-state index in [1.54, 1.807) is 7.11 Å². The second-order valence-corrected chi connectivity index (χ2v) is 7.30. The van der Waals surface area contributed by atoms with E-state index in [0.717, 1.165) is 55.5 Å². The molecule has 2 atom stereocenters. The fourth-order valence-electron chi connectivity index (χ4n) is 3.34. The van der Waals surface area contributed by atoms with Gasteiger partial charge in [-0.05, 0) is 31.0 Å². The molecular formula is C20H29ClN6O. The average Bonchev–Trinajstić information content (AvgIpc) is 3.11. The highest BCUT2D eigenvalue weighted by molar-refractivity contribution is 6.30. The first-order valence-corrected chi connectivity index (χ1v) is 10.3. The molecule has 2 N–H and O–H groups in total. The molecule has 3 rings (SSSR count). The number of methoxy groups -OCH3 is 1. The molecule has 0 saturated heterocycles. The molecule has 1 aromatic carbocycles. The Bertz CT molecular complexity index is 806. The number of aromatic nitrogens is 3. The molecule has 1 aromatic heterocycles. The van der Waals surface area contributed by atoms with Crippen molar-refractivity contribution in [3.05, 3.63) is 46.5 Å². The summed E-state index contributed by atoms with van der Waals surface area (Å²) in [5.74, 6) is 2.79. The van der Waals surface area contributed by atoms with E-state index in [0.29, 0.717) is 11.6 Å². The minimum atomic E-state index is -0.144. The summed E-state index contributed by atoms with van der Waals surface area (Å²) >= 11 is 6.11. The molecule has 0 radical (unpaired) electrons. The van der Waals surface area contributed by atoms with Crippen LogP contribution in [0.25, 0.3) is 0 Å². The predicted octanol–water partition coefficient (Wildman–Crippen LogP) is 2.75. The molecule has 0 bridgehead atoms. The van der Waals surface area contributed by atoms with E-state index in [-0.39, 0.29) is 12.1 Å². The number of ether oxygens (including phenoxy) is 1. The number of nitrogens with zero attached hydrogens (tertiary/aromatic N) is 4. The lowest BCUT2D eigenvalue weighted by Gasteiger charge is -2.25. The molecule has 152 valence electrons. The Morgan fingerprint density at radius 2 is 2.29 bits per heavy atom. The van der Waals surface area contributed by atoms with E-state index in [2.05, 4.69) is 34.6 Å². The molecule has 0 saturated carbocycles. The van der Waals surface area contributed by atoms with Crippen LogP contribution in [-0.4, -0.2) is 47.0 Å². The van der Waals surface area contributed by atoms with Crippen LogP contribution in [-0.2, 0) is 24.1 Å². The molecule has 0 fully saturated rings. The highest BCUT2D eigenvalue weighted by atomic mass is 35.5. The van der Waals surface area contributed by atoms with Crippen LogP contribution < -0.4 is 10.6 Å². The number of rotatable bonds is 7. The Labute approximate surface area is 171 Å². The normalized spacial score (nSPS) is 17.9. The zero-order valence-corrected chi connectivity index (χ0v) is 17.5. The lowest BCUT2D eigenvalue weighted by atomic mass is 10.1. The van der Waals surface area contributed by atoms with Gasteiger partial charge >= 0.3 is 0 Å². The van der Waals surface area contributed by atoms with Crippen molar-refractivity contribution < 1.29 is 4.74 Å². The maximum atomic E-state index is 6.11. The Kier molecular flexibility index (Phi) is 7.28. The van der Waals surface area contributed by atoms with Crippen LogP contribution in [0.1, 0.15) is 43.6 Å². The number of halogens is 1. The van der Waals surface area contributed by atoms with Gasteiger partial charge in [-0.25, -0.2) is 9.67 Å². The number of aliphatic imine (C=N–C) groups is 1. The fourth-order valence-corrected chi connectivity index (χ4v) is 3.54. The largest absolute Gasteiger partial charge is 0.375 e. The molecule has 8 heteroatoms. The zero-order valence-electron chi connectivity index (χ0n) is 16.8. The second-order valence-electron chi connectivity index (χ2n) is 6.86. The smallest absolute Gasteiger partial charge is 0.191 e. The van der Waals surface area contributed by atoms with E-state index in [9.17, 15) is 0 Å². The van der Waals surface area contributed by atoms with Gasteiger partial charge in [-0.15, -0.1) is 0 Å². The number of aryl methyl sites for hydroxylation is 2. The van der Waals surface area contributed by atoms with Crippen molar-refractivity contribution >= 4 is 17.6 Å². The highest BCUT2D eigenvalue weighted by Gasteiger charge is 2.22. The Hall–Kier alpha value is -2.12. The number of nitrogens with one attached hydrogen (secondary N) is 2. The van der Waals surface area contributed by atoms with Gasteiger partial charge in [0.2, 0.25) is 0 Å². The van der Waals surface area contributed by atoms with Crippen molar-refractivity contribution in [2.75, 3.05) is 20.2 Å². The molecule has 0 aliphatic carbocycles. The molecular weight excluding hydrogens is 376 g/mol. The van der Waals surface area contributed by atoms with E-state index in [4.69, 9.17) is 21.3 Å². The van der Waals surface area contributed by atoms with Gasteiger partial charge in [0.1, 0.15) is 11.9 Å². The molecule has 2 heterocycles. The van der Waals surface area contributed by atoms with Gasteiger partial charge in [0, 0.05) is 37.6 Å². The van der Waals surface area contributed by atoms with Gasteiger partial charge in [0.25, 0.3) is 0 Å². The molecule has 1 aliphatic heterocycles. The summed E-state index contributed by atoms with van der Waals surface area (Å²) < 4.78 is 7.65. The molecule has 2 unspecified atom stereocenters. The lowest BCUT2D eigenvalue weighted by molar-refractivity contribution is 0.111. The number of benzene rings is 1. The quantitative estimate of drug-likeness (QED) is 0.548. The topological polar surface area (TPSA) is 76.4 Å². The second kappa shape index (κ2) is 9.89. The summed E-state index contributed by atoms with van der Waals surface area (Å²) in [6.07, 6.45) is 2.65. The first-order valence-electron chi connectivity index (χ1n) is 9.88. The number of hydrogen-bond donors (Lipinski definition) is 2. The van der Waals surface area contributed by atoms with E-state index in [1.165, 1.54) is 0 Å². The third-order valence-electron chi connectivity index (χ3n) is 4.82. The highest BCUT2D eigenvalue weighted by Crippen LogP contribution is 2.20. The Morgan fingerprint density at radius 3 is 3.00 bits per heavy atom. The van der Waals surface area contributed by atoms with Crippen molar-refractivity contribution in [3.8, 4) is 0 Å². The standard InChI is InChI=1S/C20H29ClN6O/c1-4-18-25-19-10-9-16(13-27(19)26-18)24-20(22-5-2)23-12-17(28-3)14-7-6-8-15(21)11-14/h6-8,11,16-17H,4-5,9-10,12-13H2,1-3H3,(H2,22,23,24).